The van der Waals surface area contributed by atoms with E-state index in [1.165, 1.54) is 0 Å². The summed E-state index contributed by atoms with van der Waals surface area (Å²) >= 11 is 0. The largest absolute Gasteiger partial charge is 0.708 e. The molecule has 12 nitrogen and oxygen atoms in total. The lowest BCUT2D eigenvalue weighted by Crippen LogP contribution is -2.46. The van der Waals surface area contributed by atoms with Gasteiger partial charge in [0, 0.05) is 22.0 Å². The number of hydrogen-bond donors (Lipinski definition) is 2. The standard InChI is InChI=1S/C6H8O12P4/c7-19-13-3-1-5-4(2-6(3)16-22(11,12)17-19)14-20(8)18-21(9,10)15-5/h3-6H,1-2H2/p+2/t3-,4-,5-,6-/m1/s1. The Morgan fingerprint density at radius 3 is 1.50 bits per heavy atom. The molecule has 8 atom stereocenters. The van der Waals surface area contributed by atoms with Crippen molar-refractivity contribution in [1.29, 1.82) is 0 Å². The third kappa shape index (κ3) is 3.87. The summed E-state index contributed by atoms with van der Waals surface area (Å²) in [5, 5.41) is 0. The van der Waals surface area contributed by atoms with Gasteiger partial charge < -0.3 is 0 Å². The van der Waals surface area contributed by atoms with Crippen LogP contribution in [-0.4, -0.2) is 34.2 Å². The Kier molecular flexibility index (Phi) is 4.69. The molecule has 3 aliphatic rings. The number of phosphoric acid groups is 2. The van der Waals surface area contributed by atoms with E-state index in [0.29, 0.717) is 0 Å². The molecule has 0 bridgehead atoms. The highest BCUT2D eigenvalue weighted by atomic mass is 31.2. The molecule has 2 aliphatic heterocycles. The van der Waals surface area contributed by atoms with Gasteiger partial charge in [-0.3, -0.25) is 18.8 Å². The first-order valence-electron chi connectivity index (χ1n) is 5.83. The van der Waals surface area contributed by atoms with Crippen molar-refractivity contribution >= 4 is 32.2 Å². The third-order valence-corrected chi connectivity index (χ3v) is 7.76. The molecule has 1 aliphatic carbocycles. The van der Waals surface area contributed by atoms with Crippen LogP contribution in [0.5, 0.6) is 0 Å². The fraction of sp³-hybridized carbons (Fsp3) is 1.00. The lowest BCUT2D eigenvalue weighted by Gasteiger charge is -2.32. The van der Waals surface area contributed by atoms with Gasteiger partial charge in [-0.1, -0.05) is 0 Å². The summed E-state index contributed by atoms with van der Waals surface area (Å²) in [6.07, 6.45) is -4.49. The second-order valence-electron chi connectivity index (χ2n) is 4.59. The van der Waals surface area contributed by atoms with Crippen LogP contribution in [0.2, 0.25) is 0 Å². The first-order valence-corrected chi connectivity index (χ1v) is 11.0. The topological polar surface area (TPSA) is 164 Å². The highest BCUT2D eigenvalue weighted by Gasteiger charge is 2.58. The number of rotatable bonds is 0. The van der Waals surface area contributed by atoms with Crippen LogP contribution in [0.4, 0.5) is 0 Å². The van der Waals surface area contributed by atoms with Gasteiger partial charge in [0.1, 0.15) is 24.4 Å². The molecule has 2 N–H and O–H groups in total. The fourth-order valence-corrected chi connectivity index (χ4v) is 6.30. The predicted molar refractivity (Wildman–Crippen MR) is 65.8 cm³/mol. The fourth-order valence-electron chi connectivity index (χ4n) is 2.32. The minimum Gasteiger partial charge on any atom is -0.300 e. The van der Waals surface area contributed by atoms with Crippen molar-refractivity contribution in [2.75, 3.05) is 0 Å². The van der Waals surface area contributed by atoms with Crippen molar-refractivity contribution in [3.8, 4) is 0 Å². The molecule has 22 heavy (non-hydrogen) atoms. The van der Waals surface area contributed by atoms with Crippen LogP contribution in [-0.2, 0) is 45.0 Å². The van der Waals surface area contributed by atoms with E-state index in [-0.39, 0.29) is 12.8 Å². The van der Waals surface area contributed by atoms with Gasteiger partial charge in [0.05, 0.1) is 0 Å². The Labute approximate surface area is 125 Å². The molecule has 0 amide bonds. The van der Waals surface area contributed by atoms with E-state index in [1.54, 1.807) is 0 Å². The van der Waals surface area contributed by atoms with Gasteiger partial charge in [-0.15, -0.1) is 9.05 Å². The molecule has 4 unspecified atom stereocenters. The van der Waals surface area contributed by atoms with Gasteiger partial charge in [-0.2, -0.15) is 0 Å². The van der Waals surface area contributed by atoms with Crippen LogP contribution >= 0.6 is 32.2 Å². The highest BCUT2D eigenvalue weighted by Crippen LogP contribution is 2.62. The molecule has 0 spiro atoms. The summed E-state index contributed by atoms with van der Waals surface area (Å²) in [7, 11) is -15.0. The van der Waals surface area contributed by atoms with Crippen molar-refractivity contribution in [2.45, 2.75) is 37.3 Å². The van der Waals surface area contributed by atoms with Gasteiger partial charge in [0.2, 0.25) is 0 Å². The molecule has 1 saturated carbocycles. The molecule has 0 radical (unpaired) electrons. The van der Waals surface area contributed by atoms with Crippen molar-refractivity contribution in [1.82, 2.24) is 0 Å². The van der Waals surface area contributed by atoms with Crippen molar-refractivity contribution in [3.05, 3.63) is 0 Å². The highest BCUT2D eigenvalue weighted by molar-refractivity contribution is 7.56. The summed E-state index contributed by atoms with van der Waals surface area (Å²) in [4.78, 5) is 18.7. The molecular weight excluding hydrogens is 388 g/mol. The predicted octanol–water partition coefficient (Wildman–Crippen LogP) is 1.90. The summed E-state index contributed by atoms with van der Waals surface area (Å²) in [5.74, 6) is 0. The second kappa shape index (κ2) is 6.01. The van der Waals surface area contributed by atoms with Crippen molar-refractivity contribution in [2.24, 2.45) is 0 Å². The summed E-state index contributed by atoms with van der Waals surface area (Å²) in [6.45, 7) is 0. The zero-order chi connectivity index (χ0) is 16.1. The number of phosphoric ester groups is 2. The molecule has 0 aromatic heterocycles. The molecule has 16 heteroatoms. The maximum absolute atomic E-state index is 11.5. The Morgan fingerprint density at radius 1 is 0.773 bits per heavy atom. The Hall–Kier alpha value is 0.340. The van der Waals surface area contributed by atoms with Crippen LogP contribution in [0.15, 0.2) is 0 Å². The number of hydrogen-bond acceptors (Lipinski definition) is 10. The summed E-state index contributed by atoms with van der Waals surface area (Å²) < 4.78 is 73.9. The second-order valence-corrected chi connectivity index (χ2v) is 9.51. The van der Waals surface area contributed by atoms with Gasteiger partial charge in [-0.05, 0) is 8.62 Å². The Morgan fingerprint density at radius 2 is 1.14 bits per heavy atom. The Bertz CT molecular complexity index is 552. The monoisotopic (exact) mass is 398 g/mol. The van der Waals surface area contributed by atoms with E-state index in [1.807, 2.05) is 0 Å². The molecular formula is C6H10O12P4+2. The van der Waals surface area contributed by atoms with E-state index in [9.17, 15) is 28.0 Å². The average molecular weight is 398 g/mol. The van der Waals surface area contributed by atoms with Gasteiger partial charge in [0.25, 0.3) is 0 Å². The first-order chi connectivity index (χ1) is 10.1. The van der Waals surface area contributed by atoms with Crippen molar-refractivity contribution < 1.29 is 54.8 Å². The normalized spacial score (nSPS) is 53.0. The van der Waals surface area contributed by atoms with Gasteiger partial charge in [-0.25, -0.2) is 9.13 Å². The molecule has 124 valence electrons. The quantitative estimate of drug-likeness (QED) is 0.570. The van der Waals surface area contributed by atoms with Crippen LogP contribution < -0.4 is 0 Å². The van der Waals surface area contributed by atoms with Crippen LogP contribution in [0.3, 0.4) is 0 Å². The summed E-state index contributed by atoms with van der Waals surface area (Å²) in [5.41, 5.74) is 0. The molecule has 0 aromatic carbocycles. The first kappa shape index (κ1) is 17.2. The van der Waals surface area contributed by atoms with E-state index in [2.05, 4.69) is 8.62 Å². The van der Waals surface area contributed by atoms with Gasteiger partial charge >= 0.3 is 32.2 Å². The average Bonchev–Trinajstić information content (AvgIpc) is 2.48. The SMILES string of the molecule is O=[P+]1O[C@@H]2C[C@H]3OP(=O)(O)O[P+](=O)O[C@@H]3C[C@H]2OP(=O)(O)O1. The maximum Gasteiger partial charge on any atom is 0.708 e. The Balaban J connectivity index is 1.84. The third-order valence-electron chi connectivity index (χ3n) is 3.08. The van der Waals surface area contributed by atoms with Crippen LogP contribution in [0, 0.1) is 0 Å². The minimum absolute atomic E-state index is 0.170. The smallest absolute Gasteiger partial charge is 0.300 e. The van der Waals surface area contributed by atoms with E-state index >= 15 is 0 Å². The number of fused-ring (bicyclic) bond motifs is 2. The summed E-state index contributed by atoms with van der Waals surface area (Å²) in [6, 6.07) is 0. The minimum atomic E-state index is -4.59. The van der Waals surface area contributed by atoms with Crippen LogP contribution in [0.25, 0.3) is 0 Å². The lowest BCUT2D eigenvalue weighted by molar-refractivity contribution is -0.0683. The molecule has 0 aromatic rings. The molecule has 2 saturated heterocycles. The van der Waals surface area contributed by atoms with E-state index in [0.717, 1.165) is 0 Å². The van der Waals surface area contributed by atoms with E-state index in [4.69, 9.17) is 18.1 Å². The van der Waals surface area contributed by atoms with E-state index < -0.39 is 56.6 Å². The molecule has 3 fully saturated rings. The van der Waals surface area contributed by atoms with Crippen LogP contribution in [0.1, 0.15) is 12.8 Å². The molecule has 3 rings (SSSR count). The zero-order valence-corrected chi connectivity index (χ0v) is 14.1. The lowest BCUT2D eigenvalue weighted by atomic mass is 9.90. The van der Waals surface area contributed by atoms with Crippen molar-refractivity contribution in [3.63, 3.8) is 0 Å². The van der Waals surface area contributed by atoms with Gasteiger partial charge in [0.15, 0.2) is 0 Å². The maximum atomic E-state index is 11.5. The molecule has 2 heterocycles. The zero-order valence-electron chi connectivity index (χ0n) is 10.5.